The van der Waals surface area contributed by atoms with Crippen molar-refractivity contribution in [2.45, 2.75) is 26.1 Å². The molecular weight excluding hydrogens is 320 g/mol. The SMILES string of the molecule is Fc1ccc(-c2cc3n(n2)CCCN(Cc2cccc(F)c2)C3)cc1. The Labute approximate surface area is 145 Å². The van der Waals surface area contributed by atoms with Gasteiger partial charge in [0.2, 0.25) is 0 Å². The molecule has 0 saturated heterocycles. The van der Waals surface area contributed by atoms with Gasteiger partial charge in [-0.3, -0.25) is 9.58 Å². The van der Waals surface area contributed by atoms with Gasteiger partial charge in [-0.1, -0.05) is 12.1 Å². The molecule has 1 aliphatic heterocycles. The van der Waals surface area contributed by atoms with Crippen molar-refractivity contribution in [1.29, 1.82) is 0 Å². The molecule has 0 unspecified atom stereocenters. The van der Waals surface area contributed by atoms with Crippen molar-refractivity contribution in [3.05, 3.63) is 77.5 Å². The second kappa shape index (κ2) is 6.76. The number of hydrogen-bond donors (Lipinski definition) is 0. The molecule has 2 heterocycles. The van der Waals surface area contributed by atoms with Crippen molar-refractivity contribution in [3.63, 3.8) is 0 Å². The first-order chi connectivity index (χ1) is 12.2. The summed E-state index contributed by atoms with van der Waals surface area (Å²) in [6.45, 7) is 3.29. The zero-order chi connectivity index (χ0) is 17.2. The van der Waals surface area contributed by atoms with E-state index in [0.717, 1.165) is 55.1 Å². The zero-order valence-corrected chi connectivity index (χ0v) is 13.8. The van der Waals surface area contributed by atoms with Crippen LogP contribution in [0.2, 0.25) is 0 Å². The van der Waals surface area contributed by atoms with E-state index >= 15 is 0 Å². The smallest absolute Gasteiger partial charge is 0.123 e. The van der Waals surface area contributed by atoms with Crippen LogP contribution in [0.5, 0.6) is 0 Å². The molecule has 3 nitrogen and oxygen atoms in total. The minimum absolute atomic E-state index is 0.198. The Bertz CT molecular complexity index is 871. The van der Waals surface area contributed by atoms with Crippen LogP contribution in [0.1, 0.15) is 17.7 Å². The molecule has 0 bridgehead atoms. The molecule has 0 fully saturated rings. The van der Waals surface area contributed by atoms with Crippen molar-refractivity contribution in [2.75, 3.05) is 6.54 Å². The van der Waals surface area contributed by atoms with Gasteiger partial charge >= 0.3 is 0 Å². The largest absolute Gasteiger partial charge is 0.293 e. The fourth-order valence-corrected chi connectivity index (χ4v) is 3.32. The molecule has 0 amide bonds. The zero-order valence-electron chi connectivity index (χ0n) is 13.8. The summed E-state index contributed by atoms with van der Waals surface area (Å²) in [7, 11) is 0. The summed E-state index contributed by atoms with van der Waals surface area (Å²) in [5.74, 6) is -0.443. The number of fused-ring (bicyclic) bond motifs is 1. The highest BCUT2D eigenvalue weighted by molar-refractivity contribution is 5.59. The highest BCUT2D eigenvalue weighted by Crippen LogP contribution is 2.23. The molecule has 2 aromatic carbocycles. The molecule has 5 heteroatoms. The molecule has 128 valence electrons. The van der Waals surface area contributed by atoms with Crippen LogP contribution in [0.3, 0.4) is 0 Å². The van der Waals surface area contributed by atoms with Gasteiger partial charge in [-0.25, -0.2) is 8.78 Å². The van der Waals surface area contributed by atoms with Crippen LogP contribution in [0.25, 0.3) is 11.3 Å². The molecule has 3 aromatic rings. The Morgan fingerprint density at radius 3 is 2.56 bits per heavy atom. The summed E-state index contributed by atoms with van der Waals surface area (Å²) < 4.78 is 28.5. The molecule has 0 N–H and O–H groups in total. The van der Waals surface area contributed by atoms with Crippen LogP contribution in [-0.2, 0) is 19.6 Å². The first-order valence-electron chi connectivity index (χ1n) is 8.47. The summed E-state index contributed by atoms with van der Waals surface area (Å²) in [6.07, 6.45) is 0.993. The lowest BCUT2D eigenvalue weighted by Gasteiger charge is -2.19. The highest BCUT2D eigenvalue weighted by Gasteiger charge is 2.17. The minimum Gasteiger partial charge on any atom is -0.293 e. The van der Waals surface area contributed by atoms with Crippen LogP contribution < -0.4 is 0 Å². The van der Waals surface area contributed by atoms with Gasteiger partial charge in [0.15, 0.2) is 0 Å². The third-order valence-electron chi connectivity index (χ3n) is 4.53. The highest BCUT2D eigenvalue weighted by atomic mass is 19.1. The van der Waals surface area contributed by atoms with Crippen LogP contribution in [0, 0.1) is 11.6 Å². The molecular formula is C20H19F2N3. The molecule has 25 heavy (non-hydrogen) atoms. The second-order valence-electron chi connectivity index (χ2n) is 6.45. The number of nitrogens with zero attached hydrogens (tertiary/aromatic N) is 3. The van der Waals surface area contributed by atoms with Crippen LogP contribution in [0.15, 0.2) is 54.6 Å². The first kappa shape index (κ1) is 16.0. The van der Waals surface area contributed by atoms with E-state index in [4.69, 9.17) is 0 Å². The van der Waals surface area contributed by atoms with Gasteiger partial charge in [0, 0.05) is 31.7 Å². The van der Waals surface area contributed by atoms with Crippen LogP contribution in [-0.4, -0.2) is 21.2 Å². The van der Waals surface area contributed by atoms with Crippen molar-refractivity contribution >= 4 is 0 Å². The van der Waals surface area contributed by atoms with Gasteiger partial charge in [-0.05, 0) is 54.4 Å². The minimum atomic E-state index is -0.245. The summed E-state index contributed by atoms with van der Waals surface area (Å²) in [5, 5.41) is 4.67. The molecule has 0 atom stereocenters. The first-order valence-corrected chi connectivity index (χ1v) is 8.47. The predicted octanol–water partition coefficient (Wildman–Crippen LogP) is 4.23. The predicted molar refractivity (Wildman–Crippen MR) is 92.8 cm³/mol. The monoisotopic (exact) mass is 339 g/mol. The molecule has 0 spiro atoms. The molecule has 0 saturated carbocycles. The number of benzene rings is 2. The van der Waals surface area contributed by atoms with Gasteiger partial charge in [0.25, 0.3) is 0 Å². The van der Waals surface area contributed by atoms with E-state index in [2.05, 4.69) is 16.1 Å². The van der Waals surface area contributed by atoms with Crippen molar-refractivity contribution in [2.24, 2.45) is 0 Å². The Hall–Kier alpha value is -2.53. The molecule has 1 aliphatic rings. The number of aromatic nitrogens is 2. The number of rotatable bonds is 3. The lowest BCUT2D eigenvalue weighted by molar-refractivity contribution is 0.261. The summed E-state index contributed by atoms with van der Waals surface area (Å²) >= 11 is 0. The Morgan fingerprint density at radius 1 is 0.920 bits per heavy atom. The van der Waals surface area contributed by atoms with E-state index in [9.17, 15) is 8.78 Å². The van der Waals surface area contributed by atoms with E-state index in [0.29, 0.717) is 0 Å². The fourth-order valence-electron chi connectivity index (χ4n) is 3.32. The van der Waals surface area contributed by atoms with Gasteiger partial charge < -0.3 is 0 Å². The van der Waals surface area contributed by atoms with E-state index in [1.54, 1.807) is 24.3 Å². The molecule has 0 radical (unpaired) electrons. The van der Waals surface area contributed by atoms with Crippen LogP contribution >= 0.6 is 0 Å². The fraction of sp³-hybridized carbons (Fsp3) is 0.250. The summed E-state index contributed by atoms with van der Waals surface area (Å²) in [5.41, 5.74) is 3.89. The maximum atomic E-state index is 13.4. The van der Waals surface area contributed by atoms with Gasteiger partial charge in [0.1, 0.15) is 11.6 Å². The third kappa shape index (κ3) is 3.61. The maximum absolute atomic E-state index is 13.4. The third-order valence-corrected chi connectivity index (χ3v) is 4.53. The lowest BCUT2D eigenvalue weighted by atomic mass is 10.1. The van der Waals surface area contributed by atoms with Gasteiger partial charge in [-0.15, -0.1) is 0 Å². The average molecular weight is 339 g/mol. The Morgan fingerprint density at radius 2 is 1.76 bits per heavy atom. The van der Waals surface area contributed by atoms with Crippen LogP contribution in [0.4, 0.5) is 8.78 Å². The summed E-state index contributed by atoms with van der Waals surface area (Å²) in [6, 6.07) is 15.2. The maximum Gasteiger partial charge on any atom is 0.123 e. The van der Waals surface area contributed by atoms with Crippen molar-refractivity contribution in [3.8, 4) is 11.3 Å². The summed E-state index contributed by atoms with van der Waals surface area (Å²) in [4.78, 5) is 2.31. The number of aryl methyl sites for hydroxylation is 1. The topological polar surface area (TPSA) is 21.1 Å². The quantitative estimate of drug-likeness (QED) is 0.712. The van der Waals surface area contributed by atoms with Crippen molar-refractivity contribution < 1.29 is 8.78 Å². The van der Waals surface area contributed by atoms with Gasteiger partial charge in [0.05, 0.1) is 11.4 Å². The molecule has 0 aliphatic carbocycles. The Balaban J connectivity index is 1.55. The lowest BCUT2D eigenvalue weighted by Crippen LogP contribution is -2.22. The van der Waals surface area contributed by atoms with Crippen molar-refractivity contribution in [1.82, 2.24) is 14.7 Å². The standard InChI is InChI=1S/C20H19F2N3/c21-17-7-5-16(6-8-17)20-12-19-14-24(9-2-10-25(19)23-20)13-15-3-1-4-18(22)11-15/h1,3-8,11-12H,2,9-10,13-14H2. The van der Waals surface area contributed by atoms with E-state index in [1.165, 1.54) is 18.2 Å². The van der Waals surface area contributed by atoms with E-state index in [-0.39, 0.29) is 11.6 Å². The normalized spacial score (nSPS) is 15.0. The number of hydrogen-bond acceptors (Lipinski definition) is 2. The van der Waals surface area contributed by atoms with Gasteiger partial charge in [-0.2, -0.15) is 5.10 Å². The number of halogens is 2. The molecule has 4 rings (SSSR count). The average Bonchev–Trinajstić information content (AvgIpc) is 2.89. The van der Waals surface area contributed by atoms with E-state index in [1.807, 2.05) is 10.7 Å². The Kier molecular flexibility index (Phi) is 4.32. The second-order valence-corrected chi connectivity index (χ2v) is 6.45. The molecule has 1 aromatic heterocycles. The van der Waals surface area contributed by atoms with E-state index < -0.39 is 0 Å².